The molecule has 0 saturated carbocycles. The van der Waals surface area contributed by atoms with Gasteiger partial charge in [0.15, 0.2) is 6.61 Å². The third kappa shape index (κ3) is 6.83. The summed E-state index contributed by atoms with van der Waals surface area (Å²) < 4.78 is 44.1. The predicted octanol–water partition coefficient (Wildman–Crippen LogP) is 2.71. The SMILES string of the molecule is CC(=O)Nc1ccc(C(F)(F)F)cc1NC(=O)COc1ccc(CC(N)=O)cc1. The molecule has 29 heavy (non-hydrogen) atoms. The molecule has 2 rings (SSSR count). The van der Waals surface area contributed by atoms with Crippen molar-refractivity contribution >= 4 is 29.1 Å². The van der Waals surface area contributed by atoms with Crippen molar-refractivity contribution in [3.63, 3.8) is 0 Å². The Bertz CT molecular complexity index is 912. The van der Waals surface area contributed by atoms with E-state index in [1.165, 1.54) is 19.1 Å². The molecule has 0 aliphatic rings. The highest BCUT2D eigenvalue weighted by Crippen LogP contribution is 2.34. The topological polar surface area (TPSA) is 111 Å². The first kappa shape index (κ1) is 21.7. The van der Waals surface area contributed by atoms with Gasteiger partial charge in [0, 0.05) is 6.92 Å². The van der Waals surface area contributed by atoms with E-state index in [0.717, 1.165) is 18.2 Å². The van der Waals surface area contributed by atoms with Crippen LogP contribution >= 0.6 is 0 Å². The Morgan fingerprint density at radius 3 is 2.21 bits per heavy atom. The summed E-state index contributed by atoms with van der Waals surface area (Å²) in [4.78, 5) is 34.2. The normalized spacial score (nSPS) is 10.9. The Morgan fingerprint density at radius 2 is 1.66 bits per heavy atom. The first-order chi connectivity index (χ1) is 13.5. The van der Waals surface area contributed by atoms with Crippen molar-refractivity contribution in [2.75, 3.05) is 17.2 Å². The van der Waals surface area contributed by atoms with Crippen LogP contribution in [-0.4, -0.2) is 24.3 Å². The van der Waals surface area contributed by atoms with Crippen molar-refractivity contribution in [3.8, 4) is 5.75 Å². The van der Waals surface area contributed by atoms with Crippen LogP contribution < -0.4 is 21.1 Å². The maximum absolute atomic E-state index is 12.9. The van der Waals surface area contributed by atoms with Crippen LogP contribution in [0, 0.1) is 0 Å². The quantitative estimate of drug-likeness (QED) is 0.653. The minimum Gasteiger partial charge on any atom is -0.484 e. The lowest BCUT2D eigenvalue weighted by molar-refractivity contribution is -0.137. The summed E-state index contributed by atoms with van der Waals surface area (Å²) >= 11 is 0. The van der Waals surface area contributed by atoms with E-state index in [1.54, 1.807) is 12.1 Å². The van der Waals surface area contributed by atoms with Gasteiger partial charge in [0.2, 0.25) is 11.8 Å². The summed E-state index contributed by atoms with van der Waals surface area (Å²) in [7, 11) is 0. The van der Waals surface area contributed by atoms with Crippen LogP contribution in [0.3, 0.4) is 0 Å². The highest BCUT2D eigenvalue weighted by molar-refractivity contribution is 5.99. The standard InChI is InChI=1S/C19H18F3N3O4/c1-11(26)24-15-7-4-13(19(20,21)22)9-16(15)25-18(28)10-29-14-5-2-12(3-6-14)8-17(23)27/h2-7,9H,8,10H2,1H3,(H2,23,27)(H,24,26)(H,25,28). The van der Waals surface area contributed by atoms with Crippen LogP contribution in [0.1, 0.15) is 18.1 Å². The van der Waals surface area contributed by atoms with Crippen molar-refractivity contribution in [3.05, 3.63) is 53.6 Å². The van der Waals surface area contributed by atoms with Crippen molar-refractivity contribution in [2.45, 2.75) is 19.5 Å². The monoisotopic (exact) mass is 409 g/mol. The third-order valence-electron chi connectivity index (χ3n) is 3.60. The molecule has 0 fully saturated rings. The average molecular weight is 409 g/mol. The van der Waals surface area contributed by atoms with Crippen LogP contribution in [0.2, 0.25) is 0 Å². The molecule has 7 nitrogen and oxygen atoms in total. The zero-order chi connectivity index (χ0) is 21.6. The van der Waals surface area contributed by atoms with Crippen LogP contribution in [0.4, 0.5) is 24.5 Å². The molecule has 0 spiro atoms. The first-order valence-electron chi connectivity index (χ1n) is 8.33. The van der Waals surface area contributed by atoms with E-state index in [9.17, 15) is 27.6 Å². The van der Waals surface area contributed by atoms with Crippen molar-refractivity contribution in [1.29, 1.82) is 0 Å². The molecule has 154 valence electrons. The van der Waals surface area contributed by atoms with Gasteiger partial charge < -0.3 is 21.1 Å². The minimum absolute atomic E-state index is 0.0228. The van der Waals surface area contributed by atoms with E-state index >= 15 is 0 Å². The zero-order valence-electron chi connectivity index (χ0n) is 15.3. The summed E-state index contributed by atoms with van der Waals surface area (Å²) in [5.74, 6) is -1.40. The number of hydrogen-bond donors (Lipinski definition) is 3. The molecule has 2 aromatic carbocycles. The average Bonchev–Trinajstić information content (AvgIpc) is 2.61. The second-order valence-corrected chi connectivity index (χ2v) is 6.06. The molecule has 0 aliphatic carbocycles. The van der Waals surface area contributed by atoms with E-state index in [0.29, 0.717) is 11.3 Å². The van der Waals surface area contributed by atoms with Gasteiger partial charge >= 0.3 is 6.18 Å². The lowest BCUT2D eigenvalue weighted by atomic mass is 10.1. The fourth-order valence-corrected chi connectivity index (χ4v) is 2.36. The number of ether oxygens (including phenoxy) is 1. The zero-order valence-corrected chi connectivity index (χ0v) is 15.3. The summed E-state index contributed by atoms with van der Waals surface area (Å²) in [6.07, 6.45) is -4.56. The van der Waals surface area contributed by atoms with Gasteiger partial charge in [-0.05, 0) is 35.9 Å². The number of benzene rings is 2. The summed E-state index contributed by atoms with van der Waals surface area (Å²) in [5.41, 5.74) is 4.60. The summed E-state index contributed by atoms with van der Waals surface area (Å²) in [6.45, 7) is 0.708. The fraction of sp³-hybridized carbons (Fsp3) is 0.211. The largest absolute Gasteiger partial charge is 0.484 e. The molecule has 4 N–H and O–H groups in total. The van der Waals surface area contributed by atoms with E-state index in [2.05, 4.69) is 10.6 Å². The van der Waals surface area contributed by atoms with E-state index in [1.807, 2.05) is 0 Å². The van der Waals surface area contributed by atoms with Gasteiger partial charge in [0.1, 0.15) is 5.75 Å². The highest BCUT2D eigenvalue weighted by atomic mass is 19.4. The second kappa shape index (κ2) is 9.09. The molecule has 10 heteroatoms. The van der Waals surface area contributed by atoms with Gasteiger partial charge in [0.05, 0.1) is 23.4 Å². The van der Waals surface area contributed by atoms with Gasteiger partial charge in [-0.3, -0.25) is 14.4 Å². The number of amides is 3. The number of nitrogens with two attached hydrogens (primary N) is 1. The molecule has 0 bridgehead atoms. The molecule has 0 saturated heterocycles. The first-order valence-corrected chi connectivity index (χ1v) is 8.33. The van der Waals surface area contributed by atoms with E-state index < -0.39 is 36.1 Å². The Hall–Kier alpha value is -3.56. The molecule has 0 aromatic heterocycles. The Balaban J connectivity index is 2.06. The fourth-order valence-electron chi connectivity index (χ4n) is 2.36. The van der Waals surface area contributed by atoms with Gasteiger partial charge in [-0.25, -0.2) is 0 Å². The lowest BCUT2D eigenvalue weighted by Gasteiger charge is -2.15. The molecule has 0 radical (unpaired) electrons. The molecule has 3 amide bonds. The van der Waals surface area contributed by atoms with Crippen molar-refractivity contribution in [2.24, 2.45) is 5.73 Å². The number of alkyl halides is 3. The van der Waals surface area contributed by atoms with Gasteiger partial charge in [0.25, 0.3) is 5.91 Å². The lowest BCUT2D eigenvalue weighted by Crippen LogP contribution is -2.22. The molecular formula is C19H18F3N3O4. The number of rotatable bonds is 7. The van der Waals surface area contributed by atoms with Crippen molar-refractivity contribution < 1.29 is 32.3 Å². The van der Waals surface area contributed by atoms with Gasteiger partial charge in [-0.1, -0.05) is 12.1 Å². The number of carbonyl (C=O) groups excluding carboxylic acids is 3. The number of primary amides is 1. The number of nitrogens with one attached hydrogen (secondary N) is 2. The number of carbonyl (C=O) groups is 3. The van der Waals surface area contributed by atoms with Gasteiger partial charge in [-0.15, -0.1) is 0 Å². The predicted molar refractivity (Wildman–Crippen MR) is 99.2 cm³/mol. The molecule has 0 atom stereocenters. The van der Waals surface area contributed by atoms with Crippen molar-refractivity contribution in [1.82, 2.24) is 0 Å². The van der Waals surface area contributed by atoms with Crippen LogP contribution in [0.15, 0.2) is 42.5 Å². The van der Waals surface area contributed by atoms with Crippen LogP contribution in [0.5, 0.6) is 5.75 Å². The smallest absolute Gasteiger partial charge is 0.416 e. The summed E-state index contributed by atoms with van der Waals surface area (Å²) in [6, 6.07) is 8.82. The molecule has 0 heterocycles. The maximum atomic E-state index is 12.9. The molecule has 0 aliphatic heterocycles. The Labute approximate surface area is 164 Å². The van der Waals surface area contributed by atoms with Crippen LogP contribution in [0.25, 0.3) is 0 Å². The number of halogens is 3. The molecule has 2 aromatic rings. The van der Waals surface area contributed by atoms with Crippen LogP contribution in [-0.2, 0) is 27.0 Å². The second-order valence-electron chi connectivity index (χ2n) is 6.06. The third-order valence-corrected chi connectivity index (χ3v) is 3.60. The minimum atomic E-state index is -4.61. The number of anilines is 2. The maximum Gasteiger partial charge on any atom is 0.416 e. The summed E-state index contributed by atoms with van der Waals surface area (Å²) in [5, 5.41) is 4.65. The van der Waals surface area contributed by atoms with E-state index in [-0.39, 0.29) is 17.8 Å². The number of hydrogen-bond acceptors (Lipinski definition) is 4. The van der Waals surface area contributed by atoms with E-state index in [4.69, 9.17) is 10.5 Å². The highest BCUT2D eigenvalue weighted by Gasteiger charge is 2.31. The molecular weight excluding hydrogens is 391 g/mol. The molecule has 0 unspecified atom stereocenters. The Kier molecular flexibility index (Phi) is 6.81. The Morgan fingerprint density at radius 1 is 1.00 bits per heavy atom. The van der Waals surface area contributed by atoms with Gasteiger partial charge in [-0.2, -0.15) is 13.2 Å².